The molecule has 0 aliphatic rings. The Hall–Kier alpha value is -0.680. The summed E-state index contributed by atoms with van der Waals surface area (Å²) in [6.45, 7) is 5.09. The van der Waals surface area contributed by atoms with Gasteiger partial charge in [-0.25, -0.2) is 0 Å². The van der Waals surface area contributed by atoms with Gasteiger partial charge >= 0.3 is 0 Å². The van der Waals surface area contributed by atoms with Gasteiger partial charge in [0, 0.05) is 20.3 Å². The highest BCUT2D eigenvalue weighted by atomic mass is 32.1. The second-order valence-electron chi connectivity index (χ2n) is 3.76. The van der Waals surface area contributed by atoms with E-state index in [2.05, 4.69) is 5.32 Å². The first kappa shape index (κ1) is 14.3. The van der Waals surface area contributed by atoms with Crippen molar-refractivity contribution in [3.8, 4) is 0 Å². The number of thiocarbonyl (C=S) groups is 1. The van der Waals surface area contributed by atoms with Crippen LogP contribution in [0.3, 0.4) is 0 Å². The molecule has 0 aromatic rings. The fourth-order valence-corrected chi connectivity index (χ4v) is 1.68. The second kappa shape index (κ2) is 7.59. The van der Waals surface area contributed by atoms with Crippen molar-refractivity contribution in [1.29, 1.82) is 0 Å². The van der Waals surface area contributed by atoms with Gasteiger partial charge in [0.15, 0.2) is 0 Å². The van der Waals surface area contributed by atoms with Crippen molar-refractivity contribution >= 4 is 23.1 Å². The molecular formula is C10H20N2O2S. The largest absolute Gasteiger partial charge is 0.393 e. The number of hydrogen-bond donors (Lipinski definition) is 2. The van der Waals surface area contributed by atoms with E-state index < -0.39 is 0 Å². The van der Waals surface area contributed by atoms with Crippen LogP contribution in [-0.4, -0.2) is 31.2 Å². The summed E-state index contributed by atoms with van der Waals surface area (Å²) < 4.78 is 4.88. The Labute approximate surface area is 96.5 Å². The number of nitrogens with one attached hydrogen (secondary N) is 1. The normalized spacial score (nSPS) is 12.5. The van der Waals surface area contributed by atoms with Gasteiger partial charge in [0.2, 0.25) is 5.91 Å². The Morgan fingerprint density at radius 3 is 2.53 bits per heavy atom. The molecule has 0 rings (SSSR count). The number of nitrogens with two attached hydrogens (primary N) is 1. The number of carbonyl (C=O) groups excluding carboxylic acids is 1. The maximum atomic E-state index is 11.7. The average Bonchev–Trinajstić information content (AvgIpc) is 2.11. The van der Waals surface area contributed by atoms with Crippen LogP contribution in [0, 0.1) is 11.8 Å². The van der Waals surface area contributed by atoms with Gasteiger partial charge in [-0.05, 0) is 12.3 Å². The smallest absolute Gasteiger partial charge is 0.230 e. The molecular weight excluding hydrogens is 212 g/mol. The molecule has 4 nitrogen and oxygen atoms in total. The zero-order valence-corrected chi connectivity index (χ0v) is 10.4. The van der Waals surface area contributed by atoms with Crippen molar-refractivity contribution in [2.75, 3.05) is 20.3 Å². The van der Waals surface area contributed by atoms with Crippen LogP contribution in [-0.2, 0) is 9.53 Å². The number of hydrogen-bond acceptors (Lipinski definition) is 3. The zero-order chi connectivity index (χ0) is 11.8. The van der Waals surface area contributed by atoms with Crippen LogP contribution in [0.1, 0.15) is 20.3 Å². The topological polar surface area (TPSA) is 64.3 Å². The lowest BCUT2D eigenvalue weighted by Crippen LogP contribution is -2.41. The van der Waals surface area contributed by atoms with E-state index in [1.807, 2.05) is 13.8 Å². The van der Waals surface area contributed by atoms with Gasteiger partial charge in [0.05, 0.1) is 10.9 Å². The SMILES string of the molecule is COCCCNC(=O)C(C(N)=S)C(C)C. The van der Waals surface area contributed by atoms with Crippen LogP contribution in [0.25, 0.3) is 0 Å². The molecule has 0 aromatic carbocycles. The summed E-state index contributed by atoms with van der Waals surface area (Å²) in [5.74, 6) is -0.332. The fourth-order valence-electron chi connectivity index (χ4n) is 1.30. The predicted molar refractivity (Wildman–Crippen MR) is 64.6 cm³/mol. The van der Waals surface area contributed by atoms with Crippen molar-refractivity contribution in [3.05, 3.63) is 0 Å². The maximum Gasteiger partial charge on any atom is 0.230 e. The van der Waals surface area contributed by atoms with Crippen molar-refractivity contribution in [1.82, 2.24) is 5.32 Å². The maximum absolute atomic E-state index is 11.7. The summed E-state index contributed by atoms with van der Waals surface area (Å²) >= 11 is 4.86. The van der Waals surface area contributed by atoms with Gasteiger partial charge in [-0.15, -0.1) is 0 Å². The van der Waals surface area contributed by atoms with Crippen molar-refractivity contribution in [2.45, 2.75) is 20.3 Å². The molecule has 0 spiro atoms. The third-order valence-corrected chi connectivity index (χ3v) is 2.33. The summed E-state index contributed by atoms with van der Waals surface area (Å²) in [6.07, 6.45) is 0.796. The third-order valence-electron chi connectivity index (χ3n) is 2.08. The number of rotatable bonds is 7. The number of methoxy groups -OCH3 is 1. The summed E-state index contributed by atoms with van der Waals surface area (Å²) in [5.41, 5.74) is 5.51. The molecule has 0 radical (unpaired) electrons. The van der Waals surface area contributed by atoms with Crippen molar-refractivity contribution in [3.63, 3.8) is 0 Å². The van der Waals surface area contributed by atoms with Crippen LogP contribution in [0.4, 0.5) is 0 Å². The van der Waals surface area contributed by atoms with E-state index >= 15 is 0 Å². The fraction of sp³-hybridized carbons (Fsp3) is 0.800. The van der Waals surface area contributed by atoms with Gasteiger partial charge in [-0.1, -0.05) is 26.1 Å². The molecule has 0 aromatic heterocycles. The van der Waals surface area contributed by atoms with Gasteiger partial charge < -0.3 is 15.8 Å². The molecule has 5 heteroatoms. The molecule has 0 aliphatic carbocycles. The Balaban J connectivity index is 3.99. The van der Waals surface area contributed by atoms with E-state index in [9.17, 15) is 4.79 Å². The number of carbonyl (C=O) groups is 1. The average molecular weight is 232 g/mol. The Morgan fingerprint density at radius 2 is 2.13 bits per heavy atom. The lowest BCUT2D eigenvalue weighted by atomic mass is 9.95. The molecule has 0 aliphatic heterocycles. The van der Waals surface area contributed by atoms with Gasteiger partial charge in [0.25, 0.3) is 0 Å². The van der Waals surface area contributed by atoms with E-state index in [1.54, 1.807) is 7.11 Å². The van der Waals surface area contributed by atoms with Crippen LogP contribution in [0.5, 0.6) is 0 Å². The Kier molecular flexibility index (Phi) is 7.25. The molecule has 0 bridgehead atoms. The van der Waals surface area contributed by atoms with Gasteiger partial charge in [-0.3, -0.25) is 4.79 Å². The molecule has 3 N–H and O–H groups in total. The van der Waals surface area contributed by atoms with Gasteiger partial charge in [0.1, 0.15) is 0 Å². The quantitative estimate of drug-likeness (QED) is 0.501. The Bertz CT molecular complexity index is 219. The third kappa shape index (κ3) is 5.69. The number of ether oxygens (including phenoxy) is 1. The molecule has 0 heterocycles. The first-order valence-corrected chi connectivity index (χ1v) is 5.47. The van der Waals surface area contributed by atoms with E-state index in [0.29, 0.717) is 13.2 Å². The number of amides is 1. The minimum Gasteiger partial charge on any atom is -0.393 e. The molecule has 88 valence electrons. The monoisotopic (exact) mass is 232 g/mol. The van der Waals surface area contributed by atoms with Crippen LogP contribution in [0.2, 0.25) is 0 Å². The first-order valence-electron chi connectivity index (χ1n) is 5.06. The summed E-state index contributed by atoms with van der Waals surface area (Å²) in [5, 5.41) is 2.79. The second-order valence-corrected chi connectivity index (χ2v) is 4.23. The van der Waals surface area contributed by atoms with E-state index in [1.165, 1.54) is 0 Å². The van der Waals surface area contributed by atoms with Crippen LogP contribution < -0.4 is 11.1 Å². The molecule has 1 amide bonds. The molecule has 1 unspecified atom stereocenters. The summed E-state index contributed by atoms with van der Waals surface area (Å²) in [7, 11) is 1.63. The van der Waals surface area contributed by atoms with Gasteiger partial charge in [-0.2, -0.15) is 0 Å². The van der Waals surface area contributed by atoms with Crippen LogP contribution in [0.15, 0.2) is 0 Å². The molecule has 0 saturated heterocycles. The standard InChI is InChI=1S/C10H20N2O2S/c1-7(2)8(9(11)15)10(13)12-5-4-6-14-3/h7-8H,4-6H2,1-3H3,(H2,11,15)(H,12,13). The molecule has 0 fully saturated rings. The first-order chi connectivity index (χ1) is 7.00. The highest BCUT2D eigenvalue weighted by Crippen LogP contribution is 2.11. The zero-order valence-electron chi connectivity index (χ0n) is 9.58. The van der Waals surface area contributed by atoms with Crippen LogP contribution >= 0.6 is 12.2 Å². The van der Waals surface area contributed by atoms with E-state index in [4.69, 9.17) is 22.7 Å². The van der Waals surface area contributed by atoms with Crippen molar-refractivity contribution < 1.29 is 9.53 Å². The van der Waals surface area contributed by atoms with E-state index in [-0.39, 0.29) is 22.7 Å². The lowest BCUT2D eigenvalue weighted by Gasteiger charge is -2.18. The molecule has 0 saturated carbocycles. The minimum absolute atomic E-state index is 0.0893. The molecule has 1 atom stereocenters. The lowest BCUT2D eigenvalue weighted by molar-refractivity contribution is -0.124. The molecule has 15 heavy (non-hydrogen) atoms. The highest BCUT2D eigenvalue weighted by Gasteiger charge is 2.24. The Morgan fingerprint density at radius 1 is 1.53 bits per heavy atom. The summed E-state index contributed by atoms with van der Waals surface area (Å²) in [4.78, 5) is 11.9. The van der Waals surface area contributed by atoms with E-state index in [0.717, 1.165) is 6.42 Å². The predicted octanol–water partition coefficient (Wildman–Crippen LogP) is 0.697. The minimum atomic E-state index is -0.373. The summed E-state index contributed by atoms with van der Waals surface area (Å²) in [6, 6.07) is 0. The van der Waals surface area contributed by atoms with Crippen molar-refractivity contribution in [2.24, 2.45) is 17.6 Å². The highest BCUT2D eigenvalue weighted by molar-refractivity contribution is 7.80.